The third-order valence-corrected chi connectivity index (χ3v) is 1.31. The molecular formula is C8H8N2O. The number of rotatable bonds is 1. The highest BCUT2D eigenvalue weighted by Gasteiger charge is 1.95. The molecule has 0 spiro atoms. The number of nitrogens with two attached hydrogens (primary N) is 1. The lowest BCUT2D eigenvalue weighted by molar-refractivity contribution is 0.800. The number of nitrogens with zero attached hydrogens (tertiary/aromatic N) is 1. The maximum Gasteiger partial charge on any atom is 0.274 e. The molecule has 0 aromatic carbocycles. The van der Waals surface area contributed by atoms with E-state index in [2.05, 4.69) is 5.92 Å². The molecule has 11 heavy (non-hydrogen) atoms. The molecule has 0 aliphatic heterocycles. The summed E-state index contributed by atoms with van der Waals surface area (Å²) in [6, 6.07) is 3.24. The minimum absolute atomic E-state index is 0.225. The van der Waals surface area contributed by atoms with Crippen molar-refractivity contribution in [3.05, 3.63) is 28.7 Å². The van der Waals surface area contributed by atoms with Crippen LogP contribution in [0.2, 0.25) is 0 Å². The lowest BCUT2D eigenvalue weighted by Crippen LogP contribution is -2.21. The van der Waals surface area contributed by atoms with Crippen LogP contribution < -0.4 is 11.3 Å². The van der Waals surface area contributed by atoms with Gasteiger partial charge in [0, 0.05) is 6.20 Å². The number of terminal acetylenes is 1. The van der Waals surface area contributed by atoms with Crippen LogP contribution >= 0.6 is 0 Å². The van der Waals surface area contributed by atoms with Crippen molar-refractivity contribution < 1.29 is 0 Å². The quantitative estimate of drug-likeness (QED) is 0.572. The van der Waals surface area contributed by atoms with Gasteiger partial charge in [-0.2, -0.15) is 0 Å². The summed E-state index contributed by atoms with van der Waals surface area (Å²) >= 11 is 0. The Morgan fingerprint density at radius 3 is 3.09 bits per heavy atom. The first-order chi connectivity index (χ1) is 5.25. The number of aromatic nitrogens is 1. The van der Waals surface area contributed by atoms with Crippen molar-refractivity contribution in [2.45, 2.75) is 6.54 Å². The molecule has 2 N–H and O–H groups in total. The van der Waals surface area contributed by atoms with Gasteiger partial charge >= 0.3 is 0 Å². The maximum atomic E-state index is 11.1. The molecule has 1 aromatic rings. The zero-order chi connectivity index (χ0) is 8.27. The lowest BCUT2D eigenvalue weighted by Gasteiger charge is -1.99. The van der Waals surface area contributed by atoms with Gasteiger partial charge in [0.25, 0.3) is 5.56 Å². The second-order valence-corrected chi connectivity index (χ2v) is 2.10. The highest BCUT2D eigenvalue weighted by molar-refractivity contribution is 5.33. The molecule has 0 saturated heterocycles. The first-order valence-corrected chi connectivity index (χ1v) is 3.14. The van der Waals surface area contributed by atoms with Crippen LogP contribution in [0.5, 0.6) is 0 Å². The summed E-state index contributed by atoms with van der Waals surface area (Å²) in [5, 5.41) is 0. The van der Waals surface area contributed by atoms with E-state index in [4.69, 9.17) is 12.2 Å². The molecule has 3 heteroatoms. The second kappa shape index (κ2) is 2.93. The molecular weight excluding hydrogens is 140 g/mol. The lowest BCUT2D eigenvalue weighted by atomic mass is 10.4. The Labute approximate surface area is 64.5 Å². The van der Waals surface area contributed by atoms with E-state index in [0.717, 1.165) is 0 Å². The minimum atomic E-state index is -0.231. The van der Waals surface area contributed by atoms with E-state index in [1.54, 1.807) is 18.3 Å². The zero-order valence-electron chi connectivity index (χ0n) is 5.95. The summed E-state index contributed by atoms with van der Waals surface area (Å²) in [6.45, 7) is 0.268. The van der Waals surface area contributed by atoms with Crippen LogP contribution in [-0.2, 0) is 6.54 Å². The van der Waals surface area contributed by atoms with E-state index in [1.807, 2.05) is 0 Å². The molecule has 0 aliphatic rings. The summed E-state index contributed by atoms with van der Waals surface area (Å²) in [5.41, 5.74) is 5.34. The average molecular weight is 148 g/mol. The molecule has 1 rings (SSSR count). The van der Waals surface area contributed by atoms with Crippen LogP contribution in [0.4, 0.5) is 5.69 Å². The Hall–Kier alpha value is -1.69. The van der Waals surface area contributed by atoms with Crippen LogP contribution in [0.25, 0.3) is 0 Å². The Morgan fingerprint density at radius 1 is 1.73 bits per heavy atom. The third kappa shape index (κ3) is 1.41. The van der Waals surface area contributed by atoms with Crippen LogP contribution in [0.1, 0.15) is 0 Å². The van der Waals surface area contributed by atoms with Gasteiger partial charge in [-0.05, 0) is 12.1 Å². The maximum absolute atomic E-state index is 11.1. The van der Waals surface area contributed by atoms with Gasteiger partial charge in [-0.15, -0.1) is 6.42 Å². The van der Waals surface area contributed by atoms with Gasteiger partial charge in [0.15, 0.2) is 0 Å². The Kier molecular flexibility index (Phi) is 1.98. The van der Waals surface area contributed by atoms with E-state index in [-0.39, 0.29) is 17.8 Å². The summed E-state index contributed by atoms with van der Waals surface area (Å²) in [5.74, 6) is 2.36. The highest BCUT2D eigenvalue weighted by Crippen LogP contribution is 1.90. The van der Waals surface area contributed by atoms with Crippen LogP contribution in [0.3, 0.4) is 0 Å². The molecule has 0 atom stereocenters. The van der Waals surface area contributed by atoms with Gasteiger partial charge in [-0.25, -0.2) is 0 Å². The van der Waals surface area contributed by atoms with Gasteiger partial charge in [0.2, 0.25) is 0 Å². The first kappa shape index (κ1) is 7.42. The molecule has 0 aliphatic carbocycles. The minimum Gasteiger partial charge on any atom is -0.394 e. The fraction of sp³-hybridized carbons (Fsp3) is 0.125. The first-order valence-electron chi connectivity index (χ1n) is 3.14. The molecule has 1 heterocycles. The van der Waals surface area contributed by atoms with Crippen molar-refractivity contribution in [1.29, 1.82) is 0 Å². The standard InChI is InChI=1S/C8H8N2O/c1-2-5-10-6-3-4-7(9)8(10)11/h1,3-4,6H,5,9H2. The van der Waals surface area contributed by atoms with Gasteiger partial charge in [0.1, 0.15) is 0 Å². The van der Waals surface area contributed by atoms with E-state index in [1.165, 1.54) is 4.57 Å². The van der Waals surface area contributed by atoms with Crippen molar-refractivity contribution in [3.8, 4) is 12.3 Å². The SMILES string of the molecule is C#CCn1cccc(N)c1=O. The van der Waals surface area contributed by atoms with E-state index in [9.17, 15) is 4.79 Å². The third-order valence-electron chi connectivity index (χ3n) is 1.31. The molecule has 0 saturated carbocycles. The van der Waals surface area contributed by atoms with Gasteiger partial charge in [0.05, 0.1) is 12.2 Å². The molecule has 0 amide bonds. The average Bonchev–Trinajstić information content (AvgIpc) is 1.99. The molecule has 3 nitrogen and oxygen atoms in total. The van der Waals surface area contributed by atoms with Crippen molar-refractivity contribution >= 4 is 5.69 Å². The van der Waals surface area contributed by atoms with Crippen molar-refractivity contribution in [2.24, 2.45) is 0 Å². The normalized spacial score (nSPS) is 9.00. The number of hydrogen-bond donors (Lipinski definition) is 1. The summed E-state index contributed by atoms with van der Waals surface area (Å²) in [6.07, 6.45) is 6.64. The molecule has 0 bridgehead atoms. The van der Waals surface area contributed by atoms with Crippen molar-refractivity contribution in [1.82, 2.24) is 4.57 Å². The van der Waals surface area contributed by atoms with Crippen molar-refractivity contribution in [3.63, 3.8) is 0 Å². The molecule has 0 fully saturated rings. The number of anilines is 1. The van der Waals surface area contributed by atoms with Crippen LogP contribution in [0, 0.1) is 12.3 Å². The van der Waals surface area contributed by atoms with E-state index < -0.39 is 0 Å². The fourth-order valence-corrected chi connectivity index (χ4v) is 0.778. The van der Waals surface area contributed by atoms with E-state index in [0.29, 0.717) is 0 Å². The predicted octanol–water partition coefficient (Wildman–Crippen LogP) is 0.0637. The number of pyridine rings is 1. The smallest absolute Gasteiger partial charge is 0.274 e. The van der Waals surface area contributed by atoms with Gasteiger partial charge in [-0.3, -0.25) is 4.79 Å². The molecule has 1 aromatic heterocycles. The zero-order valence-corrected chi connectivity index (χ0v) is 5.95. The molecule has 56 valence electrons. The number of nitrogen functional groups attached to an aromatic ring is 1. The predicted molar refractivity (Wildman–Crippen MR) is 43.9 cm³/mol. The van der Waals surface area contributed by atoms with Crippen molar-refractivity contribution in [2.75, 3.05) is 5.73 Å². The topological polar surface area (TPSA) is 48.0 Å². The summed E-state index contributed by atoms with van der Waals surface area (Å²) in [7, 11) is 0. The van der Waals surface area contributed by atoms with E-state index >= 15 is 0 Å². The Balaban J connectivity index is 3.20. The summed E-state index contributed by atoms with van der Waals surface area (Å²) in [4.78, 5) is 11.1. The van der Waals surface area contributed by atoms with Gasteiger partial charge in [-0.1, -0.05) is 5.92 Å². The fourth-order valence-electron chi connectivity index (χ4n) is 0.778. The highest BCUT2D eigenvalue weighted by atomic mass is 16.1. The van der Waals surface area contributed by atoms with Crippen LogP contribution in [-0.4, -0.2) is 4.57 Å². The second-order valence-electron chi connectivity index (χ2n) is 2.10. The Bertz CT molecular complexity index is 346. The number of hydrogen-bond acceptors (Lipinski definition) is 2. The summed E-state index contributed by atoms with van der Waals surface area (Å²) < 4.78 is 1.38. The Morgan fingerprint density at radius 2 is 2.45 bits per heavy atom. The van der Waals surface area contributed by atoms with Gasteiger partial charge < -0.3 is 10.3 Å². The largest absolute Gasteiger partial charge is 0.394 e. The molecule has 0 radical (unpaired) electrons. The monoisotopic (exact) mass is 148 g/mol. The van der Waals surface area contributed by atoms with Crippen LogP contribution in [0.15, 0.2) is 23.1 Å². The molecule has 0 unspecified atom stereocenters.